The van der Waals surface area contributed by atoms with Gasteiger partial charge in [0.25, 0.3) is 0 Å². The number of methoxy groups -OCH3 is 1. The number of aliphatic carboxylic acids is 1. The average Bonchev–Trinajstić information content (AvgIpc) is 2.46. The molecule has 0 spiro atoms. The van der Waals surface area contributed by atoms with Crippen LogP contribution in [-0.4, -0.2) is 44.6 Å². The molecule has 0 aliphatic rings. The van der Waals surface area contributed by atoms with Crippen LogP contribution in [0.15, 0.2) is 9.66 Å². The minimum atomic E-state index is -0.934. The molecule has 22 heavy (non-hydrogen) atoms. The summed E-state index contributed by atoms with van der Waals surface area (Å²) in [5, 5.41) is 8.17. The smallest absolute Gasteiger partial charge is 0.329 e. The third-order valence-corrected chi connectivity index (χ3v) is 12.9. The van der Waals surface area contributed by atoms with Crippen LogP contribution < -0.4 is 0 Å². The first-order chi connectivity index (χ1) is 10.5. The van der Waals surface area contributed by atoms with Gasteiger partial charge >= 0.3 is 98.3 Å². The third-order valence-electron chi connectivity index (χ3n) is 3.21. The van der Waals surface area contributed by atoms with Crippen LogP contribution in [0.5, 0.6) is 0 Å². The van der Waals surface area contributed by atoms with Crippen molar-refractivity contribution in [3.63, 3.8) is 0 Å². The number of carboxylic acids is 1. The maximum Gasteiger partial charge on any atom is 0.329 e. The number of hydrogen-bond acceptors (Lipinski definition) is 2. The van der Waals surface area contributed by atoms with Gasteiger partial charge in [-0.25, -0.2) is 4.79 Å². The van der Waals surface area contributed by atoms with E-state index in [-0.39, 0.29) is 0 Å². The molecule has 131 valence electrons. The fraction of sp³-hybridized carbons (Fsp3) is 0.824. The van der Waals surface area contributed by atoms with Crippen LogP contribution in [0.4, 0.5) is 0 Å². The molecule has 0 aliphatic heterocycles. The minimum Gasteiger partial charge on any atom is -0.478 e. The van der Waals surface area contributed by atoms with Crippen molar-refractivity contribution in [3.05, 3.63) is 9.66 Å². The number of unbranched alkanes of at least 4 members (excludes halogenated alkanes) is 3. The summed E-state index contributed by atoms with van der Waals surface area (Å²) in [5.74, 6) is -0.934. The molecule has 3 nitrogen and oxygen atoms in total. The summed E-state index contributed by atoms with van der Waals surface area (Å²) >= 11 is 1.07. The van der Waals surface area contributed by atoms with Crippen LogP contribution in [0.1, 0.15) is 59.3 Å². The van der Waals surface area contributed by atoms with Crippen molar-refractivity contribution in [1.29, 1.82) is 0 Å². The van der Waals surface area contributed by atoms with E-state index in [2.05, 4.69) is 25.5 Å². The van der Waals surface area contributed by atoms with Crippen molar-refractivity contribution in [3.8, 4) is 0 Å². The summed E-state index contributed by atoms with van der Waals surface area (Å²) in [5.41, 5.74) is 0. The molecular formula is C17H34IO3Sn. The van der Waals surface area contributed by atoms with Crippen molar-refractivity contribution in [2.24, 2.45) is 0 Å². The number of carbonyl (C=O) groups is 1. The molecular weight excluding hydrogens is 498 g/mol. The largest absolute Gasteiger partial charge is 0.478 e. The Balaban J connectivity index is 0. The van der Waals surface area contributed by atoms with E-state index >= 15 is 0 Å². The molecule has 5 heteroatoms. The quantitative estimate of drug-likeness (QED) is 0.193. The first kappa shape index (κ1) is 24.9. The number of halogens is 1. The summed E-state index contributed by atoms with van der Waals surface area (Å²) in [7, 11) is 1.52. The number of carboxylic acid groups (broad SMARTS) is 1. The van der Waals surface area contributed by atoms with Crippen LogP contribution in [0, 0.1) is 0 Å². The Hall–Kier alpha value is 0.699. The summed E-state index contributed by atoms with van der Waals surface area (Å²) < 4.78 is 10.4. The molecule has 0 amide bonds. The van der Waals surface area contributed by atoms with Gasteiger partial charge in [0.15, 0.2) is 0 Å². The Morgan fingerprint density at radius 3 is 1.73 bits per heavy atom. The maximum atomic E-state index is 9.95. The fourth-order valence-electron chi connectivity index (χ4n) is 1.97. The van der Waals surface area contributed by atoms with Gasteiger partial charge in [-0.15, -0.1) is 0 Å². The zero-order chi connectivity index (χ0) is 17.2. The van der Waals surface area contributed by atoms with Crippen LogP contribution in [0.2, 0.25) is 13.3 Å². The van der Waals surface area contributed by atoms with E-state index in [0.29, 0.717) is 10.2 Å². The van der Waals surface area contributed by atoms with Gasteiger partial charge in [0, 0.05) is 16.8 Å². The Labute approximate surface area is 158 Å². The maximum absolute atomic E-state index is 9.95. The van der Waals surface area contributed by atoms with Gasteiger partial charge in [-0.2, -0.15) is 0 Å². The van der Waals surface area contributed by atoms with Crippen molar-refractivity contribution in [2.75, 3.05) is 13.7 Å². The molecule has 0 aromatic heterocycles. The van der Waals surface area contributed by atoms with Gasteiger partial charge in [-0.3, -0.25) is 0 Å². The van der Waals surface area contributed by atoms with E-state index in [1.165, 1.54) is 45.6 Å². The van der Waals surface area contributed by atoms with Gasteiger partial charge in [0.05, 0.1) is 6.61 Å². The Kier molecular flexibility index (Phi) is 22.4. The van der Waals surface area contributed by atoms with E-state index in [9.17, 15) is 4.79 Å². The van der Waals surface area contributed by atoms with Crippen molar-refractivity contribution >= 4 is 48.3 Å². The van der Waals surface area contributed by atoms with Gasteiger partial charge in [0.2, 0.25) is 0 Å². The standard InChI is InChI=1S/C5H7IO3.3C4H9.Sn/c1-9-3-4(6)2-5(7)8;3*1-3-4-2;/h2H,3H2,1H3,(H,7,8);3*1,3-4H2,2H3;/b4-2-;;;;. The molecule has 0 bridgehead atoms. The topological polar surface area (TPSA) is 46.5 Å². The zero-order valence-corrected chi connectivity index (χ0v) is 19.8. The van der Waals surface area contributed by atoms with Crippen molar-refractivity contribution < 1.29 is 14.6 Å². The molecule has 0 fully saturated rings. The molecule has 0 aliphatic carbocycles. The van der Waals surface area contributed by atoms with Crippen LogP contribution in [0.25, 0.3) is 0 Å². The minimum absolute atomic E-state index is 0.368. The molecule has 0 aromatic rings. The van der Waals surface area contributed by atoms with Crippen LogP contribution in [-0.2, 0) is 9.53 Å². The Morgan fingerprint density at radius 2 is 1.45 bits per heavy atom. The van der Waals surface area contributed by atoms with E-state index in [1.54, 1.807) is 13.3 Å². The molecule has 0 rings (SSSR count). The second kappa shape index (κ2) is 19.7. The molecule has 0 saturated heterocycles. The molecule has 0 saturated carbocycles. The molecule has 0 unspecified atom stereocenters. The van der Waals surface area contributed by atoms with Gasteiger partial charge in [-0.1, -0.05) is 0 Å². The first-order valence-electron chi connectivity index (χ1n) is 8.43. The Bertz CT molecular complexity index is 264. The summed E-state index contributed by atoms with van der Waals surface area (Å²) in [6.45, 7) is 7.37. The van der Waals surface area contributed by atoms with Gasteiger partial charge < -0.3 is 9.84 Å². The van der Waals surface area contributed by atoms with Gasteiger partial charge in [-0.05, 0) is 22.6 Å². The predicted molar refractivity (Wildman–Crippen MR) is 107 cm³/mol. The molecule has 1 radical (unpaired) electrons. The average molecular weight is 532 g/mol. The molecule has 0 aromatic carbocycles. The predicted octanol–water partition coefficient (Wildman–Crippen LogP) is 5.92. The van der Waals surface area contributed by atoms with Crippen molar-refractivity contribution in [2.45, 2.75) is 72.6 Å². The number of hydrogen-bond donors (Lipinski definition) is 1. The fourth-order valence-corrected chi connectivity index (χ4v) is 12.0. The third kappa shape index (κ3) is 20.7. The second-order valence-corrected chi connectivity index (χ2v) is 15.4. The summed E-state index contributed by atoms with van der Waals surface area (Å²) in [4.78, 5) is 9.95. The monoisotopic (exact) mass is 533 g/mol. The Morgan fingerprint density at radius 1 is 1.05 bits per heavy atom. The SMILES string of the molecule is CCC[CH2][Sn]([CH2]CCC)[CH2]CCC.COC/C(I)=C/C(=O)O. The van der Waals surface area contributed by atoms with E-state index in [4.69, 9.17) is 5.11 Å². The molecule has 1 N–H and O–H groups in total. The van der Waals surface area contributed by atoms with Gasteiger partial charge in [0.1, 0.15) is 0 Å². The second-order valence-electron chi connectivity index (χ2n) is 5.42. The number of rotatable bonds is 12. The van der Waals surface area contributed by atoms with Crippen molar-refractivity contribution in [1.82, 2.24) is 0 Å². The normalized spacial score (nSPS) is 11.3. The van der Waals surface area contributed by atoms with E-state index in [1.807, 2.05) is 22.6 Å². The summed E-state index contributed by atoms with van der Waals surface area (Å²) in [6.07, 6.45) is 9.96. The first-order valence-corrected chi connectivity index (χ1v) is 15.6. The molecule has 0 heterocycles. The van der Waals surface area contributed by atoms with Crippen LogP contribution in [0.3, 0.4) is 0 Å². The van der Waals surface area contributed by atoms with E-state index in [0.717, 1.165) is 6.08 Å². The van der Waals surface area contributed by atoms with Crippen LogP contribution >= 0.6 is 22.6 Å². The number of ether oxygens (including phenoxy) is 1. The zero-order valence-electron chi connectivity index (χ0n) is 14.8. The summed E-state index contributed by atoms with van der Waals surface area (Å²) in [6, 6.07) is 0. The molecule has 0 atom stereocenters. The van der Waals surface area contributed by atoms with E-state index < -0.39 is 25.7 Å².